The summed E-state index contributed by atoms with van der Waals surface area (Å²) in [7, 11) is 0. The van der Waals surface area contributed by atoms with Crippen molar-refractivity contribution < 1.29 is 19.1 Å². The van der Waals surface area contributed by atoms with Crippen LogP contribution < -0.4 is 0 Å². The van der Waals surface area contributed by atoms with Gasteiger partial charge in [-0.05, 0) is 17.7 Å². The van der Waals surface area contributed by atoms with E-state index < -0.39 is 0 Å². The molecule has 3 aliphatic heterocycles. The van der Waals surface area contributed by atoms with Gasteiger partial charge in [-0.3, -0.25) is 19.4 Å². The molecule has 0 aliphatic carbocycles. The Hall–Kier alpha value is -1.93. The molecule has 1 aromatic carbocycles. The Kier molecular flexibility index (Phi) is 5.96. The lowest BCUT2D eigenvalue weighted by Crippen LogP contribution is -2.44. The molecule has 4 rings (SSSR count). The van der Waals surface area contributed by atoms with Crippen LogP contribution >= 0.6 is 11.6 Å². The lowest BCUT2D eigenvalue weighted by atomic mass is 10.0. The number of carbonyl (C=O) groups is 2. The number of carbonyl (C=O) groups excluding carboxylic acids is 2. The van der Waals surface area contributed by atoms with Crippen molar-refractivity contribution >= 4 is 29.0 Å². The van der Waals surface area contributed by atoms with Crippen LogP contribution in [0.4, 0.5) is 0 Å². The number of ether oxygens (including phenoxy) is 2. The first-order chi connectivity index (χ1) is 13.6. The summed E-state index contributed by atoms with van der Waals surface area (Å²) in [5, 5.41) is 0.596. The summed E-state index contributed by atoms with van der Waals surface area (Å²) in [4.78, 5) is 32.0. The second kappa shape index (κ2) is 8.61. The topological polar surface area (TPSA) is 62.3 Å². The van der Waals surface area contributed by atoms with Crippen molar-refractivity contribution in [2.75, 3.05) is 65.7 Å². The summed E-state index contributed by atoms with van der Waals surface area (Å²) in [5.41, 5.74) is 1.67. The molecule has 2 amide bonds. The highest BCUT2D eigenvalue weighted by Crippen LogP contribution is 2.32. The van der Waals surface area contributed by atoms with Gasteiger partial charge in [0.05, 0.1) is 32.0 Å². The molecular weight excluding hydrogens is 382 g/mol. The third kappa shape index (κ3) is 3.93. The highest BCUT2D eigenvalue weighted by molar-refractivity contribution is 6.36. The van der Waals surface area contributed by atoms with Crippen LogP contribution in [0.5, 0.6) is 0 Å². The van der Waals surface area contributed by atoms with Crippen LogP contribution in [0.25, 0.3) is 5.57 Å². The van der Waals surface area contributed by atoms with Gasteiger partial charge in [-0.2, -0.15) is 0 Å². The Bertz CT molecular complexity index is 768. The fourth-order valence-electron chi connectivity index (χ4n) is 3.79. The molecule has 0 spiro atoms. The van der Waals surface area contributed by atoms with E-state index in [2.05, 4.69) is 4.90 Å². The van der Waals surface area contributed by atoms with Gasteiger partial charge in [0.2, 0.25) is 0 Å². The first-order valence-corrected chi connectivity index (χ1v) is 10.0. The van der Waals surface area contributed by atoms with E-state index in [1.165, 1.54) is 4.90 Å². The molecule has 3 aliphatic rings. The predicted molar refractivity (Wildman–Crippen MR) is 105 cm³/mol. The molecule has 0 unspecified atom stereocenters. The van der Waals surface area contributed by atoms with Crippen LogP contribution in [0.15, 0.2) is 30.0 Å². The third-order valence-electron chi connectivity index (χ3n) is 5.35. The van der Waals surface area contributed by atoms with E-state index in [1.807, 2.05) is 4.90 Å². The van der Waals surface area contributed by atoms with Crippen LogP contribution in [0.2, 0.25) is 5.02 Å². The van der Waals surface area contributed by atoms with Gasteiger partial charge in [-0.1, -0.05) is 23.7 Å². The fourth-order valence-corrected chi connectivity index (χ4v) is 3.92. The Morgan fingerprint density at radius 3 is 2.07 bits per heavy atom. The van der Waals surface area contributed by atoms with Gasteiger partial charge in [0.1, 0.15) is 5.70 Å². The summed E-state index contributed by atoms with van der Waals surface area (Å²) < 4.78 is 10.8. The zero-order valence-electron chi connectivity index (χ0n) is 15.7. The Balaban J connectivity index is 1.59. The predicted octanol–water partition coefficient (Wildman–Crippen LogP) is 1.08. The molecule has 0 aromatic heterocycles. The molecular formula is C20H24ClN3O4. The van der Waals surface area contributed by atoms with E-state index in [9.17, 15) is 9.59 Å². The fraction of sp³-hybridized carbons (Fsp3) is 0.500. The summed E-state index contributed by atoms with van der Waals surface area (Å²) in [6.45, 7) is 6.36. The second-order valence-corrected chi connectivity index (χ2v) is 7.48. The number of rotatable bonds is 5. The standard InChI is InChI=1S/C20H24ClN3O4/c21-16-3-1-15(2-4-16)17-18(23-9-13-28-14-10-23)20(26)24(19(17)25)6-5-22-7-11-27-12-8-22/h1-4H,5-14H2. The number of amides is 2. The van der Waals surface area contributed by atoms with Crippen LogP contribution in [0.3, 0.4) is 0 Å². The molecule has 28 heavy (non-hydrogen) atoms. The SMILES string of the molecule is O=C1C(c2ccc(Cl)cc2)=C(N2CCOCC2)C(=O)N1CCN1CCOCC1. The van der Waals surface area contributed by atoms with Crippen molar-refractivity contribution in [2.45, 2.75) is 0 Å². The second-order valence-electron chi connectivity index (χ2n) is 7.05. The number of benzene rings is 1. The first kappa shape index (κ1) is 19.4. The zero-order valence-corrected chi connectivity index (χ0v) is 16.5. The van der Waals surface area contributed by atoms with Crippen LogP contribution in [-0.2, 0) is 19.1 Å². The zero-order chi connectivity index (χ0) is 19.5. The van der Waals surface area contributed by atoms with Gasteiger partial charge in [-0.25, -0.2) is 0 Å². The number of halogens is 1. The Morgan fingerprint density at radius 1 is 0.821 bits per heavy atom. The number of hydrogen-bond donors (Lipinski definition) is 0. The maximum Gasteiger partial charge on any atom is 0.277 e. The maximum atomic E-state index is 13.2. The summed E-state index contributed by atoms with van der Waals surface area (Å²) in [5.74, 6) is -0.452. The molecule has 1 aromatic rings. The average molecular weight is 406 g/mol. The number of hydrogen-bond acceptors (Lipinski definition) is 6. The minimum absolute atomic E-state index is 0.217. The van der Waals surface area contributed by atoms with E-state index >= 15 is 0 Å². The molecule has 7 nitrogen and oxygen atoms in total. The van der Waals surface area contributed by atoms with E-state index in [1.54, 1.807) is 24.3 Å². The number of imide groups is 1. The van der Waals surface area contributed by atoms with Crippen molar-refractivity contribution in [2.24, 2.45) is 0 Å². The number of morpholine rings is 2. The quantitative estimate of drug-likeness (QED) is 0.683. The van der Waals surface area contributed by atoms with Gasteiger partial charge in [0.15, 0.2) is 0 Å². The normalized spacial score (nSPS) is 21.8. The molecule has 2 saturated heterocycles. The van der Waals surface area contributed by atoms with Gasteiger partial charge >= 0.3 is 0 Å². The molecule has 0 atom stereocenters. The minimum atomic E-state index is -0.234. The monoisotopic (exact) mass is 405 g/mol. The van der Waals surface area contributed by atoms with Gasteiger partial charge in [0.25, 0.3) is 11.8 Å². The molecule has 0 bridgehead atoms. The minimum Gasteiger partial charge on any atom is -0.379 e. The van der Waals surface area contributed by atoms with Gasteiger partial charge < -0.3 is 14.4 Å². The van der Waals surface area contributed by atoms with E-state index in [-0.39, 0.29) is 11.8 Å². The molecule has 8 heteroatoms. The van der Waals surface area contributed by atoms with Crippen molar-refractivity contribution in [1.29, 1.82) is 0 Å². The summed E-state index contributed by atoms with van der Waals surface area (Å²) >= 11 is 6.01. The Morgan fingerprint density at radius 2 is 1.43 bits per heavy atom. The summed E-state index contributed by atoms with van der Waals surface area (Å²) in [6, 6.07) is 7.09. The smallest absolute Gasteiger partial charge is 0.277 e. The van der Waals surface area contributed by atoms with E-state index in [0.29, 0.717) is 68.9 Å². The van der Waals surface area contributed by atoms with Gasteiger partial charge in [0, 0.05) is 44.3 Å². The lowest BCUT2D eigenvalue weighted by molar-refractivity contribution is -0.138. The van der Waals surface area contributed by atoms with E-state index in [4.69, 9.17) is 21.1 Å². The molecule has 3 heterocycles. The van der Waals surface area contributed by atoms with Crippen LogP contribution in [-0.4, -0.2) is 92.2 Å². The number of nitrogens with zero attached hydrogens (tertiary/aromatic N) is 3. The van der Waals surface area contributed by atoms with Crippen molar-refractivity contribution in [3.8, 4) is 0 Å². The molecule has 0 saturated carbocycles. The van der Waals surface area contributed by atoms with Crippen molar-refractivity contribution in [1.82, 2.24) is 14.7 Å². The highest BCUT2D eigenvalue weighted by Gasteiger charge is 2.41. The highest BCUT2D eigenvalue weighted by atomic mass is 35.5. The largest absolute Gasteiger partial charge is 0.379 e. The molecule has 0 radical (unpaired) electrons. The molecule has 2 fully saturated rings. The molecule has 0 N–H and O–H groups in total. The van der Waals surface area contributed by atoms with Crippen molar-refractivity contribution in [3.05, 3.63) is 40.5 Å². The van der Waals surface area contributed by atoms with Crippen LogP contribution in [0, 0.1) is 0 Å². The lowest BCUT2D eigenvalue weighted by Gasteiger charge is -2.30. The Labute approximate surface area is 169 Å². The summed E-state index contributed by atoms with van der Waals surface area (Å²) in [6.07, 6.45) is 0. The molecule has 150 valence electrons. The van der Waals surface area contributed by atoms with E-state index in [0.717, 1.165) is 18.7 Å². The average Bonchev–Trinajstić information content (AvgIpc) is 2.98. The maximum absolute atomic E-state index is 13.2. The first-order valence-electron chi connectivity index (χ1n) is 9.64. The van der Waals surface area contributed by atoms with Crippen molar-refractivity contribution in [3.63, 3.8) is 0 Å². The van der Waals surface area contributed by atoms with Crippen LogP contribution in [0.1, 0.15) is 5.56 Å². The van der Waals surface area contributed by atoms with Gasteiger partial charge in [-0.15, -0.1) is 0 Å². The third-order valence-corrected chi connectivity index (χ3v) is 5.60.